The third-order valence-corrected chi connectivity index (χ3v) is 3.77. The van der Waals surface area contributed by atoms with Crippen molar-refractivity contribution in [3.8, 4) is 0 Å². The summed E-state index contributed by atoms with van der Waals surface area (Å²) in [6.07, 6.45) is 4.22. The van der Waals surface area contributed by atoms with Gasteiger partial charge in [0.2, 0.25) is 0 Å². The van der Waals surface area contributed by atoms with Gasteiger partial charge in [-0.15, -0.1) is 0 Å². The van der Waals surface area contributed by atoms with E-state index in [1.807, 2.05) is 16.8 Å². The molecule has 2 aromatic rings. The van der Waals surface area contributed by atoms with Crippen molar-refractivity contribution >= 4 is 5.69 Å². The van der Waals surface area contributed by atoms with Crippen molar-refractivity contribution in [1.29, 1.82) is 0 Å². The lowest BCUT2D eigenvalue weighted by Crippen LogP contribution is -2.27. The number of anilines is 1. The molecule has 0 bridgehead atoms. The van der Waals surface area contributed by atoms with Crippen molar-refractivity contribution in [2.45, 2.75) is 45.4 Å². The van der Waals surface area contributed by atoms with Crippen LogP contribution in [0.5, 0.6) is 0 Å². The van der Waals surface area contributed by atoms with Crippen LogP contribution >= 0.6 is 0 Å². The first-order valence-electron chi connectivity index (χ1n) is 7.21. The molecule has 1 aromatic heterocycles. The van der Waals surface area contributed by atoms with Gasteiger partial charge in [0.25, 0.3) is 0 Å². The van der Waals surface area contributed by atoms with Crippen LogP contribution in [0.4, 0.5) is 5.69 Å². The SMILES string of the molecule is CCn1ncnc1CN(Cc1ccc(N)cc1)C1CC1. The van der Waals surface area contributed by atoms with Gasteiger partial charge in [-0.05, 0) is 37.5 Å². The molecule has 20 heavy (non-hydrogen) atoms. The van der Waals surface area contributed by atoms with Gasteiger partial charge in [0, 0.05) is 24.8 Å². The molecule has 106 valence electrons. The van der Waals surface area contributed by atoms with Gasteiger partial charge in [0.1, 0.15) is 12.2 Å². The van der Waals surface area contributed by atoms with Crippen LogP contribution in [0.2, 0.25) is 0 Å². The van der Waals surface area contributed by atoms with E-state index in [1.54, 1.807) is 6.33 Å². The first-order chi connectivity index (χ1) is 9.76. The van der Waals surface area contributed by atoms with Crippen LogP contribution in [0.25, 0.3) is 0 Å². The molecular formula is C15H21N5. The van der Waals surface area contributed by atoms with E-state index >= 15 is 0 Å². The predicted octanol–water partition coefficient (Wildman–Crippen LogP) is 2.04. The molecule has 0 aliphatic heterocycles. The zero-order valence-corrected chi connectivity index (χ0v) is 11.9. The van der Waals surface area contributed by atoms with Crippen molar-refractivity contribution in [1.82, 2.24) is 19.7 Å². The Balaban J connectivity index is 1.71. The second-order valence-corrected chi connectivity index (χ2v) is 5.37. The zero-order valence-electron chi connectivity index (χ0n) is 11.9. The Kier molecular flexibility index (Phi) is 3.69. The van der Waals surface area contributed by atoms with Crippen molar-refractivity contribution in [3.05, 3.63) is 42.0 Å². The minimum atomic E-state index is 0.689. The zero-order chi connectivity index (χ0) is 13.9. The van der Waals surface area contributed by atoms with Crippen LogP contribution < -0.4 is 5.73 Å². The van der Waals surface area contributed by atoms with E-state index in [4.69, 9.17) is 5.73 Å². The van der Waals surface area contributed by atoms with E-state index in [0.717, 1.165) is 31.1 Å². The lowest BCUT2D eigenvalue weighted by Gasteiger charge is -2.21. The van der Waals surface area contributed by atoms with Crippen LogP contribution in [-0.2, 0) is 19.6 Å². The van der Waals surface area contributed by atoms with Crippen LogP contribution in [0.1, 0.15) is 31.2 Å². The van der Waals surface area contributed by atoms with Crippen molar-refractivity contribution < 1.29 is 0 Å². The monoisotopic (exact) mass is 271 g/mol. The van der Waals surface area contributed by atoms with Gasteiger partial charge in [0.05, 0.1) is 6.54 Å². The number of rotatable bonds is 6. The van der Waals surface area contributed by atoms with Gasteiger partial charge in [-0.25, -0.2) is 9.67 Å². The number of nitrogens with zero attached hydrogens (tertiary/aromatic N) is 4. The highest BCUT2D eigenvalue weighted by Gasteiger charge is 2.29. The maximum absolute atomic E-state index is 5.74. The number of hydrogen-bond acceptors (Lipinski definition) is 4. The van der Waals surface area contributed by atoms with Crippen LogP contribution in [0, 0.1) is 0 Å². The lowest BCUT2D eigenvalue weighted by molar-refractivity contribution is 0.235. The highest BCUT2D eigenvalue weighted by molar-refractivity contribution is 5.39. The van der Waals surface area contributed by atoms with E-state index in [-0.39, 0.29) is 0 Å². The third kappa shape index (κ3) is 2.99. The van der Waals surface area contributed by atoms with E-state index in [9.17, 15) is 0 Å². The molecule has 1 fully saturated rings. The Morgan fingerprint density at radius 2 is 2.00 bits per heavy atom. The first-order valence-corrected chi connectivity index (χ1v) is 7.21. The fourth-order valence-electron chi connectivity index (χ4n) is 2.47. The molecule has 1 saturated carbocycles. The van der Waals surface area contributed by atoms with Crippen molar-refractivity contribution in [2.75, 3.05) is 5.73 Å². The number of nitrogens with two attached hydrogens (primary N) is 1. The molecule has 0 unspecified atom stereocenters. The quantitative estimate of drug-likeness (QED) is 0.817. The normalized spacial score (nSPS) is 14.9. The molecular weight excluding hydrogens is 250 g/mol. The highest BCUT2D eigenvalue weighted by Crippen LogP contribution is 2.29. The average Bonchev–Trinajstić information content (AvgIpc) is 3.21. The fourth-order valence-corrected chi connectivity index (χ4v) is 2.47. The molecule has 2 N–H and O–H groups in total. The van der Waals surface area contributed by atoms with Crippen LogP contribution in [0.3, 0.4) is 0 Å². The molecule has 0 radical (unpaired) electrons. The molecule has 5 heteroatoms. The molecule has 1 aromatic carbocycles. The summed E-state index contributed by atoms with van der Waals surface area (Å²) in [6.45, 7) is 4.78. The Morgan fingerprint density at radius 1 is 1.25 bits per heavy atom. The van der Waals surface area contributed by atoms with Gasteiger partial charge >= 0.3 is 0 Å². The van der Waals surface area contributed by atoms with Gasteiger partial charge in [0.15, 0.2) is 0 Å². The van der Waals surface area contributed by atoms with Gasteiger partial charge in [-0.3, -0.25) is 4.90 Å². The Labute approximate surface area is 119 Å². The first kappa shape index (κ1) is 13.1. The maximum atomic E-state index is 5.74. The second-order valence-electron chi connectivity index (χ2n) is 5.37. The number of hydrogen-bond donors (Lipinski definition) is 1. The topological polar surface area (TPSA) is 60.0 Å². The Hall–Kier alpha value is -1.88. The van der Waals surface area contributed by atoms with E-state index < -0.39 is 0 Å². The van der Waals surface area contributed by atoms with Gasteiger partial charge in [-0.1, -0.05) is 12.1 Å². The predicted molar refractivity (Wildman–Crippen MR) is 78.8 cm³/mol. The van der Waals surface area contributed by atoms with Crippen molar-refractivity contribution in [2.24, 2.45) is 0 Å². The highest BCUT2D eigenvalue weighted by atomic mass is 15.3. The Bertz CT molecular complexity index is 556. The van der Waals surface area contributed by atoms with Gasteiger partial charge in [-0.2, -0.15) is 5.10 Å². The van der Waals surface area contributed by atoms with E-state index in [1.165, 1.54) is 18.4 Å². The van der Waals surface area contributed by atoms with Crippen LogP contribution in [0.15, 0.2) is 30.6 Å². The summed E-state index contributed by atoms with van der Waals surface area (Å²) in [4.78, 5) is 6.87. The smallest absolute Gasteiger partial charge is 0.141 e. The standard InChI is InChI=1S/C15H21N5/c1-2-20-15(17-11-18-20)10-19(14-7-8-14)9-12-3-5-13(16)6-4-12/h3-6,11,14H,2,7-10,16H2,1H3. The Morgan fingerprint density at radius 3 is 2.65 bits per heavy atom. The third-order valence-electron chi connectivity index (χ3n) is 3.77. The molecule has 3 rings (SSSR count). The fraction of sp³-hybridized carbons (Fsp3) is 0.467. The molecule has 0 atom stereocenters. The summed E-state index contributed by atoms with van der Waals surface area (Å²) < 4.78 is 1.97. The largest absolute Gasteiger partial charge is 0.399 e. The molecule has 0 amide bonds. The summed E-state index contributed by atoms with van der Waals surface area (Å²) in [5.41, 5.74) is 7.86. The van der Waals surface area contributed by atoms with Crippen molar-refractivity contribution in [3.63, 3.8) is 0 Å². The summed E-state index contributed by atoms with van der Waals surface area (Å²) in [7, 11) is 0. The number of nitrogen functional groups attached to an aromatic ring is 1. The maximum Gasteiger partial charge on any atom is 0.141 e. The average molecular weight is 271 g/mol. The summed E-state index contributed by atoms with van der Waals surface area (Å²) >= 11 is 0. The summed E-state index contributed by atoms with van der Waals surface area (Å²) in [5, 5.41) is 4.25. The minimum absolute atomic E-state index is 0.689. The molecule has 5 nitrogen and oxygen atoms in total. The summed E-state index contributed by atoms with van der Waals surface area (Å²) in [5.74, 6) is 1.05. The number of aromatic nitrogens is 3. The molecule has 1 heterocycles. The lowest BCUT2D eigenvalue weighted by atomic mass is 10.2. The number of aryl methyl sites for hydroxylation is 1. The second kappa shape index (κ2) is 5.63. The van der Waals surface area contributed by atoms with Crippen LogP contribution in [-0.4, -0.2) is 25.7 Å². The number of benzene rings is 1. The molecule has 1 aliphatic rings. The van der Waals surface area contributed by atoms with E-state index in [0.29, 0.717) is 6.04 Å². The summed E-state index contributed by atoms with van der Waals surface area (Å²) in [6, 6.07) is 8.84. The molecule has 0 spiro atoms. The molecule has 1 aliphatic carbocycles. The van der Waals surface area contributed by atoms with E-state index in [2.05, 4.69) is 34.0 Å². The van der Waals surface area contributed by atoms with Gasteiger partial charge < -0.3 is 5.73 Å². The minimum Gasteiger partial charge on any atom is -0.399 e. The molecule has 0 saturated heterocycles.